The number of urea groups is 1. The van der Waals surface area contributed by atoms with Crippen molar-refractivity contribution in [3.63, 3.8) is 0 Å². The number of hydrogen-bond acceptors (Lipinski definition) is 6. The summed E-state index contributed by atoms with van der Waals surface area (Å²) >= 11 is 0. The van der Waals surface area contributed by atoms with Gasteiger partial charge < -0.3 is 24.4 Å². The van der Waals surface area contributed by atoms with Gasteiger partial charge in [0.05, 0.1) is 20.8 Å². The van der Waals surface area contributed by atoms with E-state index in [9.17, 15) is 4.79 Å². The largest absolute Gasteiger partial charge is 0.497 e. The number of carbonyl (C=O) groups excluding carboxylic acids is 1. The quantitative estimate of drug-likeness (QED) is 0.884. The third-order valence-electron chi connectivity index (χ3n) is 4.10. The Morgan fingerprint density at radius 1 is 1.15 bits per heavy atom. The van der Waals surface area contributed by atoms with Gasteiger partial charge in [0.15, 0.2) is 0 Å². The monoisotopic (exact) mass is 358 g/mol. The van der Waals surface area contributed by atoms with Gasteiger partial charge in [-0.25, -0.2) is 4.79 Å². The van der Waals surface area contributed by atoms with Gasteiger partial charge in [-0.05, 0) is 25.0 Å². The second-order valence-corrected chi connectivity index (χ2v) is 5.90. The fraction of sp³-hybridized carbons (Fsp3) is 0.389. The molecule has 26 heavy (non-hydrogen) atoms. The Bertz CT molecular complexity index is 738. The maximum absolute atomic E-state index is 12.5. The summed E-state index contributed by atoms with van der Waals surface area (Å²) in [6.07, 6.45) is 1.60. The zero-order valence-corrected chi connectivity index (χ0v) is 14.8. The lowest BCUT2D eigenvalue weighted by molar-refractivity contribution is 0.101. The minimum Gasteiger partial charge on any atom is -0.497 e. The summed E-state index contributed by atoms with van der Waals surface area (Å²) in [5.41, 5.74) is 0.693. The van der Waals surface area contributed by atoms with Crippen molar-refractivity contribution in [2.45, 2.75) is 18.9 Å². The Kier molecular flexibility index (Phi) is 5.73. The van der Waals surface area contributed by atoms with E-state index in [1.165, 1.54) is 7.11 Å². The molecule has 1 unspecified atom stereocenters. The van der Waals surface area contributed by atoms with E-state index in [1.54, 1.807) is 30.2 Å². The molecule has 1 aromatic carbocycles. The van der Waals surface area contributed by atoms with Crippen molar-refractivity contribution in [3.8, 4) is 17.5 Å². The molecule has 1 aliphatic rings. The van der Waals surface area contributed by atoms with Crippen LogP contribution in [0.1, 0.15) is 12.8 Å². The molecular weight excluding hydrogens is 336 g/mol. The van der Waals surface area contributed by atoms with Crippen LogP contribution in [0, 0.1) is 0 Å². The highest BCUT2D eigenvalue weighted by Gasteiger charge is 2.25. The molecule has 0 radical (unpaired) electrons. The predicted octanol–water partition coefficient (Wildman–Crippen LogP) is 2.57. The minimum atomic E-state index is -0.160. The van der Waals surface area contributed by atoms with Crippen LogP contribution in [-0.4, -0.2) is 54.5 Å². The molecule has 1 saturated heterocycles. The topological polar surface area (TPSA) is 85.8 Å². The van der Waals surface area contributed by atoms with Gasteiger partial charge >= 0.3 is 6.03 Å². The molecular formula is C18H22N4O4. The van der Waals surface area contributed by atoms with Crippen LogP contribution < -0.4 is 19.5 Å². The minimum absolute atomic E-state index is 0.123. The first-order chi connectivity index (χ1) is 12.7. The van der Waals surface area contributed by atoms with Crippen molar-refractivity contribution in [2.24, 2.45) is 0 Å². The Balaban J connectivity index is 1.57. The predicted molar refractivity (Wildman–Crippen MR) is 95.8 cm³/mol. The van der Waals surface area contributed by atoms with E-state index in [0.717, 1.165) is 12.8 Å². The van der Waals surface area contributed by atoms with Crippen molar-refractivity contribution in [3.05, 3.63) is 36.4 Å². The number of ether oxygens (including phenoxy) is 3. The van der Waals surface area contributed by atoms with Gasteiger partial charge in [0.25, 0.3) is 0 Å². The maximum atomic E-state index is 12.5. The molecule has 8 heteroatoms. The highest BCUT2D eigenvalue weighted by molar-refractivity contribution is 5.89. The number of piperidine rings is 1. The number of nitrogens with zero attached hydrogens (tertiary/aromatic N) is 3. The van der Waals surface area contributed by atoms with Gasteiger partial charge in [-0.15, -0.1) is 10.2 Å². The van der Waals surface area contributed by atoms with Crippen molar-refractivity contribution in [1.29, 1.82) is 0 Å². The van der Waals surface area contributed by atoms with E-state index in [-0.39, 0.29) is 12.1 Å². The molecule has 3 rings (SSSR count). The first kappa shape index (κ1) is 17.8. The summed E-state index contributed by atoms with van der Waals surface area (Å²) in [7, 11) is 3.13. The van der Waals surface area contributed by atoms with E-state index in [0.29, 0.717) is 36.3 Å². The highest BCUT2D eigenvalue weighted by atomic mass is 16.5. The standard InChI is InChI=1S/C18H22N4O4/c1-24-14-6-3-5-13(11-14)19-18(23)22-10-4-7-15(12-22)26-17-9-8-16(25-2)20-21-17/h3,5-6,8-9,11,15H,4,7,10,12H2,1-2H3,(H,19,23). The summed E-state index contributed by atoms with van der Waals surface area (Å²) in [6, 6.07) is 10.5. The van der Waals surface area contributed by atoms with Crippen LogP contribution >= 0.6 is 0 Å². The second kappa shape index (κ2) is 8.37. The van der Waals surface area contributed by atoms with Crippen LogP contribution in [0.15, 0.2) is 36.4 Å². The highest BCUT2D eigenvalue weighted by Crippen LogP contribution is 2.20. The number of likely N-dealkylation sites (tertiary alicyclic amines) is 1. The van der Waals surface area contributed by atoms with E-state index in [2.05, 4.69) is 15.5 Å². The lowest BCUT2D eigenvalue weighted by Gasteiger charge is -2.32. The molecule has 1 aliphatic heterocycles. The van der Waals surface area contributed by atoms with Crippen LogP contribution in [-0.2, 0) is 0 Å². The SMILES string of the molecule is COc1cccc(NC(=O)N2CCCC(Oc3ccc(OC)nn3)C2)c1. The number of aromatic nitrogens is 2. The van der Waals surface area contributed by atoms with Gasteiger partial charge in [0.1, 0.15) is 11.9 Å². The van der Waals surface area contributed by atoms with E-state index < -0.39 is 0 Å². The van der Waals surface area contributed by atoms with Gasteiger partial charge in [0.2, 0.25) is 11.8 Å². The van der Waals surface area contributed by atoms with Gasteiger partial charge in [0, 0.05) is 30.4 Å². The zero-order chi connectivity index (χ0) is 18.4. The average Bonchev–Trinajstić information content (AvgIpc) is 2.69. The van der Waals surface area contributed by atoms with Crippen molar-refractivity contribution in [1.82, 2.24) is 15.1 Å². The maximum Gasteiger partial charge on any atom is 0.321 e. The van der Waals surface area contributed by atoms with E-state index in [1.807, 2.05) is 18.2 Å². The third kappa shape index (κ3) is 4.53. The van der Waals surface area contributed by atoms with Crippen molar-refractivity contribution >= 4 is 11.7 Å². The van der Waals surface area contributed by atoms with Crippen LogP contribution in [0.25, 0.3) is 0 Å². The number of anilines is 1. The molecule has 2 aromatic rings. The van der Waals surface area contributed by atoms with Crippen LogP contribution in [0.2, 0.25) is 0 Å². The second-order valence-electron chi connectivity index (χ2n) is 5.90. The number of rotatable bonds is 5. The van der Waals surface area contributed by atoms with Gasteiger partial charge in [-0.3, -0.25) is 0 Å². The Morgan fingerprint density at radius 3 is 2.69 bits per heavy atom. The molecule has 2 heterocycles. The van der Waals surface area contributed by atoms with E-state index >= 15 is 0 Å². The number of carbonyl (C=O) groups is 1. The molecule has 1 N–H and O–H groups in total. The lowest BCUT2D eigenvalue weighted by atomic mass is 10.1. The molecule has 0 spiro atoms. The molecule has 0 saturated carbocycles. The fourth-order valence-electron chi connectivity index (χ4n) is 2.77. The zero-order valence-electron chi connectivity index (χ0n) is 14.8. The molecule has 1 fully saturated rings. The summed E-state index contributed by atoms with van der Waals surface area (Å²) in [5, 5.41) is 10.7. The normalized spacial score (nSPS) is 16.7. The molecule has 1 aromatic heterocycles. The van der Waals surface area contributed by atoms with Crippen molar-refractivity contribution < 1.29 is 19.0 Å². The molecule has 138 valence electrons. The number of nitrogens with one attached hydrogen (secondary N) is 1. The smallest absolute Gasteiger partial charge is 0.321 e. The Morgan fingerprint density at radius 2 is 1.96 bits per heavy atom. The molecule has 8 nitrogen and oxygen atoms in total. The van der Waals surface area contributed by atoms with Crippen LogP contribution in [0.4, 0.5) is 10.5 Å². The summed E-state index contributed by atoms with van der Waals surface area (Å²) in [4.78, 5) is 14.3. The number of hydrogen-bond donors (Lipinski definition) is 1. The molecule has 0 aliphatic carbocycles. The van der Waals surface area contributed by atoms with Crippen LogP contribution in [0.5, 0.6) is 17.5 Å². The molecule has 0 bridgehead atoms. The molecule has 2 amide bonds. The van der Waals surface area contributed by atoms with E-state index in [4.69, 9.17) is 14.2 Å². The first-order valence-corrected chi connectivity index (χ1v) is 8.42. The molecule has 1 atom stereocenters. The lowest BCUT2D eigenvalue weighted by Crippen LogP contribution is -2.46. The fourth-order valence-corrected chi connectivity index (χ4v) is 2.77. The van der Waals surface area contributed by atoms with Gasteiger partial charge in [-0.1, -0.05) is 6.07 Å². The summed E-state index contributed by atoms with van der Waals surface area (Å²) in [5.74, 6) is 1.55. The van der Waals surface area contributed by atoms with Crippen molar-refractivity contribution in [2.75, 3.05) is 32.6 Å². The van der Waals surface area contributed by atoms with Crippen LogP contribution in [0.3, 0.4) is 0 Å². The summed E-state index contributed by atoms with van der Waals surface area (Å²) in [6.45, 7) is 1.17. The summed E-state index contributed by atoms with van der Waals surface area (Å²) < 4.78 is 16.0. The Labute approximate surface area is 152 Å². The Hall–Kier alpha value is -3.03. The third-order valence-corrected chi connectivity index (χ3v) is 4.10. The number of benzene rings is 1. The number of methoxy groups -OCH3 is 2. The average molecular weight is 358 g/mol. The first-order valence-electron chi connectivity index (χ1n) is 8.42. The van der Waals surface area contributed by atoms with Gasteiger partial charge in [-0.2, -0.15) is 0 Å². The number of amides is 2.